The Morgan fingerprint density at radius 3 is 2.12 bits per heavy atom. The summed E-state index contributed by atoms with van der Waals surface area (Å²) in [6.07, 6.45) is 0. The van der Waals surface area contributed by atoms with Crippen molar-refractivity contribution in [3.8, 4) is 0 Å². The van der Waals surface area contributed by atoms with Gasteiger partial charge in [0, 0.05) is 7.05 Å². The molecule has 4 amide bonds. The largest absolute Gasteiger partial charge is 0.334 e. The van der Waals surface area contributed by atoms with E-state index < -0.39 is 17.8 Å². The van der Waals surface area contributed by atoms with Gasteiger partial charge in [-0.2, -0.15) is 0 Å². The normalized spacial score (nSPS) is 14.7. The van der Waals surface area contributed by atoms with Gasteiger partial charge in [0.2, 0.25) is 0 Å². The molecule has 1 saturated heterocycles. The third-order valence-electron chi connectivity index (χ3n) is 4.50. The Bertz CT molecular complexity index is 1030. The summed E-state index contributed by atoms with van der Waals surface area (Å²) >= 11 is 0. The zero-order valence-electron chi connectivity index (χ0n) is 14.1. The first-order chi connectivity index (χ1) is 12.6. The van der Waals surface area contributed by atoms with Crippen LogP contribution in [-0.4, -0.2) is 37.2 Å². The first-order valence-electron chi connectivity index (χ1n) is 8.18. The number of para-hydroxylation sites is 2. The second-order valence-corrected chi connectivity index (χ2v) is 6.13. The molecule has 0 atom stereocenters. The second kappa shape index (κ2) is 6.11. The molecule has 2 aromatic carbocycles. The summed E-state index contributed by atoms with van der Waals surface area (Å²) in [5.74, 6) is -1.09. The molecular weight excluding hydrogens is 332 g/mol. The summed E-state index contributed by atoms with van der Waals surface area (Å²) in [6, 6.07) is 16.0. The van der Waals surface area contributed by atoms with Crippen LogP contribution in [0.3, 0.4) is 0 Å². The summed E-state index contributed by atoms with van der Waals surface area (Å²) < 4.78 is 1.82. The highest BCUT2D eigenvalue weighted by molar-refractivity contribution is 6.44. The van der Waals surface area contributed by atoms with Crippen molar-refractivity contribution in [1.29, 1.82) is 0 Å². The van der Waals surface area contributed by atoms with E-state index in [4.69, 9.17) is 0 Å². The number of imidazole rings is 1. The molecule has 0 saturated carbocycles. The monoisotopic (exact) mass is 348 g/mol. The Morgan fingerprint density at radius 1 is 0.808 bits per heavy atom. The maximum atomic E-state index is 12.6. The number of rotatable bonds is 4. The molecule has 7 heteroatoms. The molecule has 1 fully saturated rings. The molecule has 2 heterocycles. The highest BCUT2D eigenvalue weighted by Crippen LogP contribution is 2.20. The van der Waals surface area contributed by atoms with Crippen molar-refractivity contribution in [2.75, 3.05) is 0 Å². The maximum Gasteiger partial charge on any atom is 0.334 e. The molecule has 26 heavy (non-hydrogen) atoms. The fraction of sp³-hybridized carbons (Fsp3) is 0.158. The van der Waals surface area contributed by atoms with Gasteiger partial charge in [-0.15, -0.1) is 0 Å². The summed E-state index contributed by atoms with van der Waals surface area (Å²) in [5.41, 5.74) is 2.46. The lowest BCUT2D eigenvalue weighted by Gasteiger charge is -2.15. The lowest BCUT2D eigenvalue weighted by Crippen LogP contribution is -2.33. The quantitative estimate of drug-likeness (QED) is 0.534. The minimum Gasteiger partial charge on any atom is -0.330 e. The summed E-state index contributed by atoms with van der Waals surface area (Å²) in [5, 5.41) is 0. The predicted octanol–water partition coefficient (Wildman–Crippen LogP) is 2.06. The summed E-state index contributed by atoms with van der Waals surface area (Å²) in [7, 11) is 1.82. The number of fused-ring (bicyclic) bond motifs is 1. The predicted molar refractivity (Wildman–Crippen MR) is 93.7 cm³/mol. The van der Waals surface area contributed by atoms with E-state index in [0.29, 0.717) is 5.82 Å². The van der Waals surface area contributed by atoms with E-state index in [1.54, 1.807) is 12.1 Å². The number of aryl methyl sites for hydroxylation is 1. The highest BCUT2D eigenvalue weighted by atomic mass is 16.2. The molecule has 130 valence electrons. The van der Waals surface area contributed by atoms with Crippen LogP contribution in [-0.2, 0) is 29.7 Å². The topological polar surface area (TPSA) is 75.5 Å². The van der Waals surface area contributed by atoms with Gasteiger partial charge in [0.25, 0.3) is 0 Å². The van der Waals surface area contributed by atoms with E-state index in [1.165, 1.54) is 0 Å². The summed E-state index contributed by atoms with van der Waals surface area (Å²) in [6.45, 7) is 0.0309. The molecule has 3 aromatic rings. The molecule has 0 N–H and O–H groups in total. The second-order valence-electron chi connectivity index (χ2n) is 6.13. The Morgan fingerprint density at radius 2 is 1.42 bits per heavy atom. The van der Waals surface area contributed by atoms with E-state index in [-0.39, 0.29) is 13.1 Å². The molecule has 7 nitrogen and oxygen atoms in total. The zero-order chi connectivity index (χ0) is 18.3. The number of hydrogen-bond acceptors (Lipinski definition) is 4. The zero-order valence-corrected chi connectivity index (χ0v) is 14.1. The van der Waals surface area contributed by atoms with Crippen LogP contribution >= 0.6 is 0 Å². The number of imide groups is 2. The highest BCUT2D eigenvalue weighted by Gasteiger charge is 2.44. The first-order valence-corrected chi connectivity index (χ1v) is 8.18. The number of nitrogens with zero attached hydrogens (tertiary/aromatic N) is 4. The Kier molecular flexibility index (Phi) is 3.76. The van der Waals surface area contributed by atoms with Gasteiger partial charge >= 0.3 is 17.8 Å². The van der Waals surface area contributed by atoms with E-state index in [1.807, 2.05) is 54.1 Å². The first kappa shape index (κ1) is 16.0. The van der Waals surface area contributed by atoms with E-state index >= 15 is 0 Å². The van der Waals surface area contributed by atoms with Gasteiger partial charge in [-0.1, -0.05) is 42.5 Å². The van der Waals surface area contributed by atoms with Gasteiger partial charge in [-0.25, -0.2) is 14.7 Å². The standard InChI is InChI=1S/C19H16N4O3/c1-21-15-10-6-5-9-14(15)20-16(21)12-23-18(25)17(24)22(19(23)26)11-13-7-3-2-4-8-13/h2-10H,11-12H2,1H3. The molecule has 0 bridgehead atoms. The van der Waals surface area contributed by atoms with Gasteiger partial charge in [-0.05, 0) is 17.7 Å². The van der Waals surface area contributed by atoms with Crippen LogP contribution in [0, 0.1) is 0 Å². The van der Waals surface area contributed by atoms with Crippen molar-refractivity contribution >= 4 is 28.9 Å². The minimum absolute atomic E-state index is 0.0418. The molecular formula is C19H16N4O3. The number of carbonyl (C=O) groups excluding carboxylic acids is 3. The van der Waals surface area contributed by atoms with Gasteiger partial charge < -0.3 is 4.57 Å². The van der Waals surface area contributed by atoms with Gasteiger partial charge in [-0.3, -0.25) is 14.5 Å². The average Bonchev–Trinajstić information content (AvgIpc) is 3.08. The van der Waals surface area contributed by atoms with Crippen molar-refractivity contribution in [3.05, 3.63) is 66.0 Å². The Balaban J connectivity index is 1.60. The van der Waals surface area contributed by atoms with Crippen LogP contribution in [0.5, 0.6) is 0 Å². The van der Waals surface area contributed by atoms with E-state index in [0.717, 1.165) is 26.4 Å². The molecule has 0 spiro atoms. The lowest BCUT2D eigenvalue weighted by molar-refractivity contribution is -0.143. The van der Waals surface area contributed by atoms with Crippen LogP contribution in [0.2, 0.25) is 0 Å². The number of aromatic nitrogens is 2. The van der Waals surface area contributed by atoms with Crippen molar-refractivity contribution in [3.63, 3.8) is 0 Å². The molecule has 1 aliphatic heterocycles. The Labute approximate surface area is 149 Å². The van der Waals surface area contributed by atoms with Crippen LogP contribution in [0.4, 0.5) is 4.79 Å². The fourth-order valence-corrected chi connectivity index (χ4v) is 3.07. The molecule has 0 aliphatic carbocycles. The Hall–Kier alpha value is -3.48. The SMILES string of the molecule is Cn1c(CN2C(=O)C(=O)N(Cc3ccccc3)C2=O)nc2ccccc21. The van der Waals surface area contributed by atoms with E-state index in [2.05, 4.69) is 4.98 Å². The van der Waals surface area contributed by atoms with Crippen molar-refractivity contribution in [2.45, 2.75) is 13.1 Å². The van der Waals surface area contributed by atoms with Crippen LogP contribution in [0.15, 0.2) is 54.6 Å². The van der Waals surface area contributed by atoms with Crippen LogP contribution in [0.1, 0.15) is 11.4 Å². The molecule has 0 unspecified atom stereocenters. The van der Waals surface area contributed by atoms with Crippen molar-refractivity contribution in [1.82, 2.24) is 19.4 Å². The smallest absolute Gasteiger partial charge is 0.330 e. The van der Waals surface area contributed by atoms with Gasteiger partial charge in [0.15, 0.2) is 0 Å². The van der Waals surface area contributed by atoms with Crippen molar-refractivity contribution < 1.29 is 14.4 Å². The fourth-order valence-electron chi connectivity index (χ4n) is 3.07. The number of hydrogen-bond donors (Lipinski definition) is 0. The van der Waals surface area contributed by atoms with Crippen molar-refractivity contribution in [2.24, 2.45) is 7.05 Å². The molecule has 4 rings (SSSR count). The maximum absolute atomic E-state index is 12.6. The van der Waals surface area contributed by atoms with E-state index in [9.17, 15) is 14.4 Å². The number of benzene rings is 2. The third-order valence-corrected chi connectivity index (χ3v) is 4.50. The minimum atomic E-state index is -0.821. The van der Waals surface area contributed by atoms with Crippen LogP contribution in [0.25, 0.3) is 11.0 Å². The van der Waals surface area contributed by atoms with Gasteiger partial charge in [0.05, 0.1) is 24.1 Å². The lowest BCUT2D eigenvalue weighted by atomic mass is 10.2. The average molecular weight is 348 g/mol. The molecule has 0 radical (unpaired) electrons. The van der Waals surface area contributed by atoms with Crippen LogP contribution < -0.4 is 0 Å². The molecule has 1 aliphatic rings. The summed E-state index contributed by atoms with van der Waals surface area (Å²) in [4.78, 5) is 43.6. The molecule has 1 aromatic heterocycles. The number of amides is 4. The number of carbonyl (C=O) groups is 3. The number of urea groups is 1. The van der Waals surface area contributed by atoms with Gasteiger partial charge in [0.1, 0.15) is 5.82 Å². The third kappa shape index (κ3) is 2.54.